The molecule has 1 saturated heterocycles. The molecule has 4 nitrogen and oxygen atoms in total. The highest BCUT2D eigenvalue weighted by atomic mass is 16.4. The SMILES string of the molecule is O=C(O)c1cccc(CNC2CCCN(Cc3ccccc3)C2)c1. The predicted molar refractivity (Wildman–Crippen MR) is 95.0 cm³/mol. The zero-order chi connectivity index (χ0) is 16.8. The van der Waals surface area contributed by atoms with Gasteiger partial charge in [-0.3, -0.25) is 4.90 Å². The fourth-order valence-corrected chi connectivity index (χ4v) is 3.28. The van der Waals surface area contributed by atoms with E-state index in [-0.39, 0.29) is 0 Å². The van der Waals surface area contributed by atoms with Crippen LogP contribution < -0.4 is 5.32 Å². The average Bonchev–Trinajstić information content (AvgIpc) is 2.61. The number of piperidine rings is 1. The molecule has 0 saturated carbocycles. The van der Waals surface area contributed by atoms with E-state index >= 15 is 0 Å². The van der Waals surface area contributed by atoms with E-state index in [1.54, 1.807) is 12.1 Å². The maximum Gasteiger partial charge on any atom is 0.335 e. The van der Waals surface area contributed by atoms with Crippen molar-refractivity contribution in [3.8, 4) is 0 Å². The van der Waals surface area contributed by atoms with Crippen LogP contribution in [0.25, 0.3) is 0 Å². The van der Waals surface area contributed by atoms with E-state index in [1.807, 2.05) is 12.1 Å². The molecule has 2 aromatic carbocycles. The molecule has 0 spiro atoms. The average molecular weight is 324 g/mol. The summed E-state index contributed by atoms with van der Waals surface area (Å²) < 4.78 is 0. The molecule has 2 aromatic rings. The van der Waals surface area contributed by atoms with Gasteiger partial charge >= 0.3 is 5.97 Å². The van der Waals surface area contributed by atoms with Gasteiger partial charge in [-0.05, 0) is 42.6 Å². The van der Waals surface area contributed by atoms with Gasteiger partial charge < -0.3 is 10.4 Å². The molecular weight excluding hydrogens is 300 g/mol. The Kier molecular flexibility index (Phi) is 5.62. The Morgan fingerprint density at radius 2 is 1.92 bits per heavy atom. The Morgan fingerprint density at radius 3 is 2.71 bits per heavy atom. The van der Waals surface area contributed by atoms with Crippen molar-refractivity contribution in [1.82, 2.24) is 10.2 Å². The number of carboxylic acids is 1. The van der Waals surface area contributed by atoms with Crippen molar-refractivity contribution < 1.29 is 9.90 Å². The number of rotatable bonds is 6. The number of nitrogens with one attached hydrogen (secondary N) is 1. The number of benzene rings is 2. The van der Waals surface area contributed by atoms with Crippen molar-refractivity contribution in [2.24, 2.45) is 0 Å². The fourth-order valence-electron chi connectivity index (χ4n) is 3.28. The van der Waals surface area contributed by atoms with E-state index < -0.39 is 5.97 Å². The second-order valence-corrected chi connectivity index (χ2v) is 6.45. The molecule has 1 atom stereocenters. The number of likely N-dealkylation sites (tertiary alicyclic amines) is 1. The monoisotopic (exact) mass is 324 g/mol. The van der Waals surface area contributed by atoms with Crippen molar-refractivity contribution in [3.63, 3.8) is 0 Å². The van der Waals surface area contributed by atoms with Gasteiger partial charge in [0.1, 0.15) is 0 Å². The van der Waals surface area contributed by atoms with Gasteiger partial charge in [-0.1, -0.05) is 42.5 Å². The van der Waals surface area contributed by atoms with E-state index in [1.165, 1.54) is 18.4 Å². The quantitative estimate of drug-likeness (QED) is 0.857. The highest BCUT2D eigenvalue weighted by Crippen LogP contribution is 2.14. The first kappa shape index (κ1) is 16.7. The van der Waals surface area contributed by atoms with Gasteiger partial charge in [0.15, 0.2) is 0 Å². The van der Waals surface area contributed by atoms with E-state index in [2.05, 4.69) is 40.5 Å². The van der Waals surface area contributed by atoms with Crippen molar-refractivity contribution in [2.75, 3.05) is 13.1 Å². The largest absolute Gasteiger partial charge is 0.478 e. The first-order valence-corrected chi connectivity index (χ1v) is 8.52. The summed E-state index contributed by atoms with van der Waals surface area (Å²) in [4.78, 5) is 13.5. The maximum absolute atomic E-state index is 11.0. The Labute approximate surface area is 143 Å². The van der Waals surface area contributed by atoms with Crippen LogP contribution in [-0.2, 0) is 13.1 Å². The summed E-state index contributed by atoms with van der Waals surface area (Å²) in [5, 5.41) is 12.7. The Bertz CT molecular complexity index is 672. The molecule has 3 rings (SSSR count). The second kappa shape index (κ2) is 8.08. The number of aromatic carboxylic acids is 1. The number of hydrogen-bond acceptors (Lipinski definition) is 3. The van der Waals surface area contributed by atoms with Crippen LogP contribution in [0.15, 0.2) is 54.6 Å². The Hall–Kier alpha value is -2.17. The molecule has 126 valence electrons. The highest BCUT2D eigenvalue weighted by molar-refractivity contribution is 5.87. The van der Waals surface area contributed by atoms with Crippen LogP contribution in [0.1, 0.15) is 34.3 Å². The van der Waals surface area contributed by atoms with Crippen LogP contribution in [0.3, 0.4) is 0 Å². The number of nitrogens with zero attached hydrogens (tertiary/aromatic N) is 1. The van der Waals surface area contributed by atoms with E-state index in [0.717, 1.165) is 25.2 Å². The molecule has 0 aromatic heterocycles. The lowest BCUT2D eigenvalue weighted by Gasteiger charge is -2.33. The third-order valence-corrected chi connectivity index (χ3v) is 4.52. The zero-order valence-corrected chi connectivity index (χ0v) is 13.8. The summed E-state index contributed by atoms with van der Waals surface area (Å²) >= 11 is 0. The van der Waals surface area contributed by atoms with Crippen LogP contribution in [0.4, 0.5) is 0 Å². The molecule has 1 heterocycles. The zero-order valence-electron chi connectivity index (χ0n) is 13.8. The molecule has 0 bridgehead atoms. The van der Waals surface area contributed by atoms with Gasteiger partial charge in [-0.25, -0.2) is 4.79 Å². The molecule has 1 aliphatic rings. The van der Waals surface area contributed by atoms with Crippen molar-refractivity contribution in [3.05, 3.63) is 71.3 Å². The molecule has 1 aliphatic heterocycles. The minimum atomic E-state index is -0.872. The molecule has 2 N–H and O–H groups in total. The van der Waals surface area contributed by atoms with Gasteiger partial charge in [-0.15, -0.1) is 0 Å². The summed E-state index contributed by atoms with van der Waals surface area (Å²) in [6.07, 6.45) is 2.36. The van der Waals surface area contributed by atoms with Crippen molar-refractivity contribution in [2.45, 2.75) is 32.0 Å². The van der Waals surface area contributed by atoms with Crippen molar-refractivity contribution in [1.29, 1.82) is 0 Å². The molecule has 24 heavy (non-hydrogen) atoms. The van der Waals surface area contributed by atoms with Gasteiger partial charge in [0.05, 0.1) is 5.56 Å². The fraction of sp³-hybridized carbons (Fsp3) is 0.350. The first-order valence-electron chi connectivity index (χ1n) is 8.52. The van der Waals surface area contributed by atoms with Crippen LogP contribution in [-0.4, -0.2) is 35.1 Å². The van der Waals surface area contributed by atoms with Gasteiger partial charge in [0, 0.05) is 25.7 Å². The van der Waals surface area contributed by atoms with Crippen LogP contribution in [0.2, 0.25) is 0 Å². The topological polar surface area (TPSA) is 52.6 Å². The third-order valence-electron chi connectivity index (χ3n) is 4.52. The lowest BCUT2D eigenvalue weighted by Crippen LogP contribution is -2.45. The summed E-state index contributed by atoms with van der Waals surface area (Å²) in [5.74, 6) is -0.872. The summed E-state index contributed by atoms with van der Waals surface area (Å²) in [6.45, 7) is 3.88. The molecular formula is C20H24N2O2. The molecule has 0 radical (unpaired) electrons. The van der Waals surface area contributed by atoms with Crippen molar-refractivity contribution >= 4 is 5.97 Å². The molecule has 1 fully saturated rings. The number of hydrogen-bond donors (Lipinski definition) is 2. The van der Waals surface area contributed by atoms with Crippen LogP contribution in [0, 0.1) is 0 Å². The standard InChI is InChI=1S/C20H24N2O2/c23-20(24)18-9-4-8-17(12-18)13-21-19-10-5-11-22(15-19)14-16-6-2-1-3-7-16/h1-4,6-9,12,19,21H,5,10-11,13-15H2,(H,23,24). The lowest BCUT2D eigenvalue weighted by molar-refractivity contribution is 0.0696. The van der Waals surface area contributed by atoms with Gasteiger partial charge in [0.2, 0.25) is 0 Å². The number of carbonyl (C=O) groups is 1. The van der Waals surface area contributed by atoms with E-state index in [9.17, 15) is 4.79 Å². The predicted octanol–water partition coefficient (Wildman–Crippen LogP) is 3.14. The highest BCUT2D eigenvalue weighted by Gasteiger charge is 2.19. The third kappa shape index (κ3) is 4.66. The van der Waals surface area contributed by atoms with Gasteiger partial charge in [-0.2, -0.15) is 0 Å². The van der Waals surface area contributed by atoms with E-state index in [0.29, 0.717) is 18.2 Å². The molecule has 1 unspecified atom stereocenters. The van der Waals surface area contributed by atoms with Crippen LogP contribution >= 0.6 is 0 Å². The summed E-state index contributed by atoms with van der Waals surface area (Å²) in [6, 6.07) is 18.2. The molecule has 0 aliphatic carbocycles. The molecule has 4 heteroatoms. The van der Waals surface area contributed by atoms with Gasteiger partial charge in [0.25, 0.3) is 0 Å². The lowest BCUT2D eigenvalue weighted by atomic mass is 10.0. The second-order valence-electron chi connectivity index (χ2n) is 6.45. The Balaban J connectivity index is 1.52. The normalized spacial score (nSPS) is 18.4. The Morgan fingerprint density at radius 1 is 1.12 bits per heavy atom. The smallest absolute Gasteiger partial charge is 0.335 e. The molecule has 0 amide bonds. The first-order chi connectivity index (χ1) is 11.7. The summed E-state index contributed by atoms with van der Waals surface area (Å²) in [7, 11) is 0. The van der Waals surface area contributed by atoms with Crippen LogP contribution in [0.5, 0.6) is 0 Å². The minimum absolute atomic E-state index is 0.351. The summed E-state index contributed by atoms with van der Waals surface area (Å²) in [5.41, 5.74) is 2.73. The number of carboxylic acid groups (broad SMARTS) is 1. The van der Waals surface area contributed by atoms with E-state index in [4.69, 9.17) is 5.11 Å². The maximum atomic E-state index is 11.0. The minimum Gasteiger partial charge on any atom is -0.478 e.